The van der Waals surface area contributed by atoms with Gasteiger partial charge in [-0.15, -0.1) is 0 Å². The largest absolute Gasteiger partial charge is 0.446 e. The first kappa shape index (κ1) is 16.5. The number of aromatic amines is 1. The molecule has 4 nitrogen and oxygen atoms in total. The Hall–Kier alpha value is -1.92. The Morgan fingerprint density at radius 2 is 2.00 bits per heavy atom. The summed E-state index contributed by atoms with van der Waals surface area (Å²) in [6, 6.07) is 7.35. The van der Waals surface area contributed by atoms with E-state index in [9.17, 15) is 18.0 Å². The Morgan fingerprint density at radius 3 is 2.59 bits per heavy atom. The van der Waals surface area contributed by atoms with Crippen LogP contribution in [0.5, 0.6) is 0 Å². The minimum atomic E-state index is -4.48. The van der Waals surface area contributed by atoms with Gasteiger partial charge in [-0.25, -0.2) is 4.98 Å². The van der Waals surface area contributed by atoms with Crippen molar-refractivity contribution in [2.24, 2.45) is 0 Å². The molecular formula is C13H8F3N3OS2. The molecule has 0 saturated carbocycles. The molecule has 1 aromatic heterocycles. The summed E-state index contributed by atoms with van der Waals surface area (Å²) in [5, 5.41) is 9.33. The van der Waals surface area contributed by atoms with E-state index in [4.69, 9.17) is 5.26 Å². The van der Waals surface area contributed by atoms with Crippen molar-refractivity contribution in [3.63, 3.8) is 0 Å². The van der Waals surface area contributed by atoms with E-state index in [1.165, 1.54) is 24.3 Å². The van der Waals surface area contributed by atoms with Crippen LogP contribution in [0, 0.1) is 11.3 Å². The monoisotopic (exact) mass is 343 g/mol. The van der Waals surface area contributed by atoms with Gasteiger partial charge in [0.05, 0.1) is 5.69 Å². The van der Waals surface area contributed by atoms with E-state index in [1.807, 2.05) is 0 Å². The van der Waals surface area contributed by atoms with Crippen LogP contribution >= 0.6 is 23.5 Å². The molecule has 1 N–H and O–H groups in total. The number of thioether (sulfide) groups is 2. The van der Waals surface area contributed by atoms with E-state index in [0.717, 1.165) is 11.8 Å². The number of rotatable bonds is 3. The van der Waals surface area contributed by atoms with Gasteiger partial charge in [-0.3, -0.25) is 4.79 Å². The predicted octanol–water partition coefficient (Wildman–Crippen LogP) is 3.64. The first-order valence-electron chi connectivity index (χ1n) is 5.79. The van der Waals surface area contributed by atoms with Gasteiger partial charge in [0.25, 0.3) is 5.56 Å². The summed E-state index contributed by atoms with van der Waals surface area (Å²) in [5.41, 5.74) is -5.42. The quantitative estimate of drug-likeness (QED) is 0.680. The van der Waals surface area contributed by atoms with E-state index in [1.54, 1.807) is 12.3 Å². The summed E-state index contributed by atoms with van der Waals surface area (Å²) in [6.07, 6.45) is 1.66. The molecule has 22 heavy (non-hydrogen) atoms. The van der Waals surface area contributed by atoms with E-state index < -0.39 is 11.1 Å². The topological polar surface area (TPSA) is 69.5 Å². The molecule has 2 rings (SSSR count). The smallest absolute Gasteiger partial charge is 0.300 e. The first-order chi connectivity index (χ1) is 10.4. The number of aromatic nitrogens is 2. The van der Waals surface area contributed by atoms with Crippen molar-refractivity contribution in [1.82, 2.24) is 9.97 Å². The first-order valence-corrected chi connectivity index (χ1v) is 7.83. The molecule has 1 aromatic carbocycles. The average Bonchev–Trinajstić information content (AvgIpc) is 2.45. The van der Waals surface area contributed by atoms with E-state index in [2.05, 4.69) is 9.97 Å². The Bertz CT molecular complexity index is 796. The van der Waals surface area contributed by atoms with Crippen molar-refractivity contribution in [2.75, 3.05) is 6.26 Å². The number of benzene rings is 1. The summed E-state index contributed by atoms with van der Waals surface area (Å²) >= 11 is 0.817. The number of nitriles is 1. The third-order valence-electron chi connectivity index (χ3n) is 2.57. The second-order valence-corrected chi connectivity index (χ2v) is 5.86. The fraction of sp³-hybridized carbons (Fsp3) is 0.154. The van der Waals surface area contributed by atoms with Gasteiger partial charge in [0.15, 0.2) is 5.16 Å². The number of H-pyrrole nitrogens is 1. The Labute approximate surface area is 131 Å². The minimum absolute atomic E-state index is 0.0528. The lowest BCUT2D eigenvalue weighted by Gasteiger charge is -2.11. The zero-order valence-corrected chi connectivity index (χ0v) is 12.7. The van der Waals surface area contributed by atoms with Crippen LogP contribution in [0.3, 0.4) is 0 Å². The fourth-order valence-electron chi connectivity index (χ4n) is 1.72. The lowest BCUT2D eigenvalue weighted by Crippen LogP contribution is -2.15. The lowest BCUT2D eigenvalue weighted by molar-refractivity contribution is -0.0327. The van der Waals surface area contributed by atoms with E-state index >= 15 is 0 Å². The molecule has 0 saturated heterocycles. The molecule has 0 atom stereocenters. The zero-order chi connectivity index (χ0) is 16.3. The van der Waals surface area contributed by atoms with Crippen LogP contribution in [0.25, 0.3) is 11.3 Å². The van der Waals surface area contributed by atoms with Crippen molar-refractivity contribution >= 4 is 23.5 Å². The molecule has 0 unspecified atom stereocenters. The van der Waals surface area contributed by atoms with Gasteiger partial charge in [-0.2, -0.15) is 18.4 Å². The van der Waals surface area contributed by atoms with Crippen LogP contribution in [0.1, 0.15) is 5.56 Å². The lowest BCUT2D eigenvalue weighted by atomic mass is 10.1. The van der Waals surface area contributed by atoms with Gasteiger partial charge in [0, 0.05) is 10.5 Å². The van der Waals surface area contributed by atoms with Gasteiger partial charge >= 0.3 is 5.51 Å². The minimum Gasteiger partial charge on any atom is -0.300 e. The molecule has 2 aromatic rings. The molecule has 0 spiro atoms. The van der Waals surface area contributed by atoms with E-state index in [0.29, 0.717) is 0 Å². The van der Waals surface area contributed by atoms with Crippen molar-refractivity contribution < 1.29 is 13.2 Å². The summed E-state index contributed by atoms with van der Waals surface area (Å²) in [7, 11) is 0. The van der Waals surface area contributed by atoms with Crippen LogP contribution in [-0.2, 0) is 0 Å². The standard InChI is InChI=1S/C13H8F3N3OS2/c1-21-12-18-10(8(6-17)11(20)19-12)7-4-2-3-5-9(7)22-13(14,15)16/h2-5H,1H3,(H,18,19,20). The van der Waals surface area contributed by atoms with Gasteiger partial charge in [-0.05, 0) is 24.1 Å². The van der Waals surface area contributed by atoms with E-state index in [-0.39, 0.29) is 38.6 Å². The highest BCUT2D eigenvalue weighted by molar-refractivity contribution is 8.00. The maximum atomic E-state index is 12.6. The maximum Gasteiger partial charge on any atom is 0.446 e. The predicted molar refractivity (Wildman–Crippen MR) is 78.7 cm³/mol. The Morgan fingerprint density at radius 1 is 1.32 bits per heavy atom. The second-order valence-electron chi connectivity index (χ2n) is 3.95. The molecule has 9 heteroatoms. The number of hydrogen-bond acceptors (Lipinski definition) is 5. The molecule has 0 aliphatic heterocycles. The van der Waals surface area contributed by atoms with Gasteiger partial charge in [0.1, 0.15) is 11.6 Å². The zero-order valence-electron chi connectivity index (χ0n) is 11.1. The van der Waals surface area contributed by atoms with Crippen molar-refractivity contribution in [1.29, 1.82) is 5.26 Å². The molecule has 0 radical (unpaired) electrons. The molecule has 0 aliphatic rings. The molecular weight excluding hydrogens is 335 g/mol. The SMILES string of the molecule is CSc1nc(-c2ccccc2SC(F)(F)F)c(C#N)c(=O)[nH]1. The summed E-state index contributed by atoms with van der Waals surface area (Å²) in [5.74, 6) is 0. The van der Waals surface area contributed by atoms with Crippen molar-refractivity contribution in [2.45, 2.75) is 15.6 Å². The Kier molecular flexibility index (Phi) is 4.83. The highest BCUT2D eigenvalue weighted by atomic mass is 32.2. The number of nitrogens with one attached hydrogen (secondary N) is 1. The highest BCUT2D eigenvalue weighted by Gasteiger charge is 2.31. The summed E-state index contributed by atoms with van der Waals surface area (Å²) in [4.78, 5) is 18.2. The molecule has 1 heterocycles. The van der Waals surface area contributed by atoms with Crippen LogP contribution in [0.4, 0.5) is 13.2 Å². The summed E-state index contributed by atoms with van der Waals surface area (Å²) in [6.45, 7) is 0. The van der Waals surface area contributed by atoms with Crippen LogP contribution in [-0.4, -0.2) is 21.7 Å². The van der Waals surface area contributed by atoms with Crippen LogP contribution in [0.15, 0.2) is 39.1 Å². The molecule has 114 valence electrons. The maximum absolute atomic E-state index is 12.6. The highest BCUT2D eigenvalue weighted by Crippen LogP contribution is 2.41. The van der Waals surface area contributed by atoms with Gasteiger partial charge in [0.2, 0.25) is 0 Å². The number of hydrogen-bond donors (Lipinski definition) is 1. The molecule has 0 aliphatic carbocycles. The molecule has 0 bridgehead atoms. The molecule has 0 fully saturated rings. The fourth-order valence-corrected chi connectivity index (χ4v) is 2.77. The van der Waals surface area contributed by atoms with Gasteiger partial charge in [-0.1, -0.05) is 30.0 Å². The number of nitrogens with zero attached hydrogens (tertiary/aromatic N) is 2. The second kappa shape index (κ2) is 6.46. The normalized spacial score (nSPS) is 11.2. The number of alkyl halides is 3. The number of halogens is 3. The van der Waals surface area contributed by atoms with Gasteiger partial charge < -0.3 is 4.98 Å². The van der Waals surface area contributed by atoms with Crippen molar-refractivity contribution in [3.8, 4) is 17.3 Å². The Balaban J connectivity index is 2.70. The van der Waals surface area contributed by atoms with Crippen LogP contribution in [0.2, 0.25) is 0 Å². The molecule has 0 amide bonds. The average molecular weight is 343 g/mol. The third-order valence-corrected chi connectivity index (χ3v) is 3.96. The van der Waals surface area contributed by atoms with Crippen molar-refractivity contribution in [3.05, 3.63) is 40.2 Å². The third kappa shape index (κ3) is 3.64. The van der Waals surface area contributed by atoms with Crippen LogP contribution < -0.4 is 5.56 Å². The summed E-state index contributed by atoms with van der Waals surface area (Å²) < 4.78 is 37.9.